The lowest BCUT2D eigenvalue weighted by Crippen LogP contribution is -2.06. The maximum absolute atomic E-state index is 12.2. The highest BCUT2D eigenvalue weighted by Crippen LogP contribution is 2.29. The van der Waals surface area contributed by atoms with Crippen molar-refractivity contribution in [3.05, 3.63) is 70.9 Å². The van der Waals surface area contributed by atoms with Crippen LogP contribution in [0.4, 0.5) is 5.82 Å². The number of hydrogen-bond donors (Lipinski definition) is 1. The molecule has 0 spiro atoms. The second-order valence-corrected chi connectivity index (χ2v) is 6.66. The van der Waals surface area contributed by atoms with Crippen molar-refractivity contribution < 1.29 is 4.79 Å². The number of anilines is 1. The molecule has 1 aliphatic heterocycles. The van der Waals surface area contributed by atoms with Gasteiger partial charge >= 0.3 is 0 Å². The number of thioether (sulfide) groups is 1. The minimum atomic E-state index is -0.244. The average molecular weight is 346 g/mol. The second-order valence-electron chi connectivity index (χ2n) is 5.63. The number of aromatic nitrogens is 2. The topological polar surface area (TPSA) is 67.2 Å². The van der Waals surface area contributed by atoms with Crippen molar-refractivity contribution in [2.75, 3.05) is 5.32 Å². The van der Waals surface area contributed by atoms with Crippen molar-refractivity contribution in [3.8, 4) is 0 Å². The van der Waals surface area contributed by atoms with Crippen LogP contribution < -0.4 is 5.32 Å². The lowest BCUT2D eigenvalue weighted by atomic mass is 10.1. The van der Waals surface area contributed by atoms with Gasteiger partial charge in [0.15, 0.2) is 5.17 Å². The predicted molar refractivity (Wildman–Crippen MR) is 102 cm³/mol. The monoisotopic (exact) mass is 346 g/mol. The molecule has 0 radical (unpaired) electrons. The van der Waals surface area contributed by atoms with E-state index in [1.807, 2.05) is 55.5 Å². The normalized spacial score (nSPS) is 15.6. The van der Waals surface area contributed by atoms with E-state index in [2.05, 4.69) is 20.3 Å². The lowest BCUT2D eigenvalue weighted by Gasteiger charge is -2.04. The minimum Gasteiger partial charge on any atom is -0.319 e. The number of aliphatic imine (C=N–C) groups is 1. The third-order valence-electron chi connectivity index (χ3n) is 3.70. The van der Waals surface area contributed by atoms with Gasteiger partial charge in [0.05, 0.1) is 10.4 Å². The number of nitrogens with zero attached hydrogens (tertiary/aromatic N) is 3. The molecule has 0 bridgehead atoms. The van der Waals surface area contributed by atoms with E-state index in [0.29, 0.717) is 15.9 Å². The summed E-state index contributed by atoms with van der Waals surface area (Å²) in [6, 6.07) is 13.6. The number of amidine groups is 1. The zero-order chi connectivity index (χ0) is 17.2. The number of carbonyl (C=O) groups is 1. The van der Waals surface area contributed by atoms with Crippen molar-refractivity contribution >= 4 is 45.6 Å². The van der Waals surface area contributed by atoms with Crippen LogP contribution in [0.15, 0.2) is 64.8 Å². The minimum absolute atomic E-state index is 0.244. The third kappa shape index (κ3) is 3.44. The Morgan fingerprint density at radius 1 is 1.08 bits per heavy atom. The largest absolute Gasteiger partial charge is 0.319 e. The van der Waals surface area contributed by atoms with Crippen LogP contribution in [-0.4, -0.2) is 21.0 Å². The van der Waals surface area contributed by atoms with E-state index in [1.165, 1.54) is 11.8 Å². The van der Waals surface area contributed by atoms with Gasteiger partial charge in [-0.1, -0.05) is 12.1 Å². The van der Waals surface area contributed by atoms with Gasteiger partial charge in [0.25, 0.3) is 5.91 Å². The van der Waals surface area contributed by atoms with Gasteiger partial charge in [-0.15, -0.1) is 0 Å². The molecule has 6 heteroatoms. The molecular weight excluding hydrogens is 332 g/mol. The van der Waals surface area contributed by atoms with Crippen molar-refractivity contribution in [2.45, 2.75) is 6.92 Å². The highest BCUT2D eigenvalue weighted by molar-refractivity contribution is 8.18. The summed E-state index contributed by atoms with van der Waals surface area (Å²) in [5, 5.41) is 4.66. The standard InChI is InChI=1S/C19H14N4OS/c1-12-6-8-21-17(9-12)22-19-23-18(24)16(25-19)11-13-4-5-15-14(10-13)3-2-7-20-15/h2-11H,1H3,(H,21,22,23,24). The van der Waals surface area contributed by atoms with Crippen LogP contribution in [0.2, 0.25) is 0 Å². The molecule has 1 amide bonds. The molecule has 0 saturated heterocycles. The summed E-state index contributed by atoms with van der Waals surface area (Å²) in [5.74, 6) is 0.434. The molecule has 1 aliphatic rings. The predicted octanol–water partition coefficient (Wildman–Crippen LogP) is 4.02. The molecule has 5 nitrogen and oxygen atoms in total. The molecule has 0 unspecified atom stereocenters. The van der Waals surface area contributed by atoms with Crippen molar-refractivity contribution in [1.29, 1.82) is 0 Å². The Kier molecular flexibility index (Phi) is 4.03. The maximum atomic E-state index is 12.2. The molecule has 0 aliphatic carbocycles. The van der Waals surface area contributed by atoms with Crippen LogP contribution in [0, 0.1) is 6.92 Å². The molecule has 122 valence electrons. The van der Waals surface area contributed by atoms with E-state index in [0.717, 1.165) is 22.0 Å². The molecule has 25 heavy (non-hydrogen) atoms. The highest BCUT2D eigenvalue weighted by Gasteiger charge is 2.22. The maximum Gasteiger partial charge on any atom is 0.286 e. The van der Waals surface area contributed by atoms with Gasteiger partial charge in [0, 0.05) is 17.8 Å². The number of pyridine rings is 2. The molecule has 4 rings (SSSR count). The van der Waals surface area contributed by atoms with Crippen molar-refractivity contribution in [3.63, 3.8) is 0 Å². The fourth-order valence-corrected chi connectivity index (χ4v) is 3.33. The summed E-state index contributed by atoms with van der Waals surface area (Å²) in [7, 11) is 0. The summed E-state index contributed by atoms with van der Waals surface area (Å²) in [6.07, 6.45) is 5.34. The Balaban J connectivity index is 1.55. The van der Waals surface area contributed by atoms with E-state index >= 15 is 0 Å². The Bertz CT molecular complexity index is 1040. The zero-order valence-corrected chi connectivity index (χ0v) is 14.2. The lowest BCUT2D eigenvalue weighted by molar-refractivity contribution is -0.113. The molecule has 0 saturated carbocycles. The first kappa shape index (κ1) is 15.5. The van der Waals surface area contributed by atoms with Crippen LogP contribution in [0.5, 0.6) is 0 Å². The van der Waals surface area contributed by atoms with Crippen molar-refractivity contribution in [2.24, 2.45) is 4.99 Å². The Morgan fingerprint density at radius 2 is 2.00 bits per heavy atom. The van der Waals surface area contributed by atoms with Gasteiger partial charge in [0.1, 0.15) is 5.82 Å². The number of carbonyl (C=O) groups excluding carboxylic acids is 1. The van der Waals surface area contributed by atoms with E-state index in [-0.39, 0.29) is 5.91 Å². The third-order valence-corrected chi connectivity index (χ3v) is 4.59. The molecule has 0 atom stereocenters. The number of benzene rings is 1. The number of aryl methyl sites for hydroxylation is 1. The second kappa shape index (κ2) is 6.49. The van der Waals surface area contributed by atoms with Gasteiger partial charge in [0.2, 0.25) is 0 Å². The number of amides is 1. The van der Waals surface area contributed by atoms with Crippen LogP contribution in [-0.2, 0) is 4.79 Å². The molecular formula is C19H14N4OS. The molecule has 3 aromatic rings. The summed E-state index contributed by atoms with van der Waals surface area (Å²) >= 11 is 1.31. The van der Waals surface area contributed by atoms with Gasteiger partial charge in [-0.3, -0.25) is 9.78 Å². The van der Waals surface area contributed by atoms with E-state index in [1.54, 1.807) is 12.4 Å². The van der Waals surface area contributed by atoms with Crippen molar-refractivity contribution in [1.82, 2.24) is 9.97 Å². The Labute approximate surface area is 148 Å². The first-order valence-corrected chi connectivity index (χ1v) is 8.56. The van der Waals surface area contributed by atoms with E-state index in [4.69, 9.17) is 0 Å². The SMILES string of the molecule is Cc1ccnc(NC2=NC(=O)C(=Cc3ccc4ncccc4c3)S2)c1. The van der Waals surface area contributed by atoms with E-state index < -0.39 is 0 Å². The Hall–Kier alpha value is -2.99. The Morgan fingerprint density at radius 3 is 2.88 bits per heavy atom. The fourth-order valence-electron chi connectivity index (χ4n) is 2.51. The van der Waals surface area contributed by atoms with Gasteiger partial charge in [-0.2, -0.15) is 4.99 Å². The van der Waals surface area contributed by atoms with Crippen LogP contribution in [0.3, 0.4) is 0 Å². The average Bonchev–Trinajstić information content (AvgIpc) is 2.94. The van der Waals surface area contributed by atoms with Gasteiger partial charge < -0.3 is 5.32 Å². The molecule has 3 heterocycles. The molecule has 2 aromatic heterocycles. The highest BCUT2D eigenvalue weighted by atomic mass is 32.2. The number of hydrogen-bond acceptors (Lipinski definition) is 5. The summed E-state index contributed by atoms with van der Waals surface area (Å²) in [6.45, 7) is 1.99. The number of fused-ring (bicyclic) bond motifs is 1. The number of rotatable bonds is 2. The molecule has 1 aromatic carbocycles. The quantitative estimate of drug-likeness (QED) is 0.710. The summed E-state index contributed by atoms with van der Waals surface area (Å²) in [4.78, 5) is 25.3. The smallest absolute Gasteiger partial charge is 0.286 e. The number of nitrogens with one attached hydrogen (secondary N) is 1. The van der Waals surface area contributed by atoms with Gasteiger partial charge in [-0.05, 0) is 66.2 Å². The zero-order valence-electron chi connectivity index (χ0n) is 13.4. The first-order chi connectivity index (χ1) is 12.2. The summed E-state index contributed by atoms with van der Waals surface area (Å²) in [5.41, 5.74) is 2.97. The summed E-state index contributed by atoms with van der Waals surface area (Å²) < 4.78 is 0. The van der Waals surface area contributed by atoms with Crippen LogP contribution in [0.1, 0.15) is 11.1 Å². The van der Waals surface area contributed by atoms with E-state index in [9.17, 15) is 4.79 Å². The van der Waals surface area contributed by atoms with Crippen LogP contribution >= 0.6 is 11.8 Å². The molecule has 0 fully saturated rings. The van der Waals surface area contributed by atoms with Crippen LogP contribution in [0.25, 0.3) is 17.0 Å². The fraction of sp³-hybridized carbons (Fsp3) is 0.0526. The first-order valence-electron chi connectivity index (χ1n) is 7.74. The molecule has 1 N–H and O–H groups in total. The van der Waals surface area contributed by atoms with Gasteiger partial charge in [-0.25, -0.2) is 4.98 Å².